The fourth-order valence-corrected chi connectivity index (χ4v) is 3.64. The molecular formula is C17H23N5OS. The number of aromatic nitrogens is 2. The van der Waals surface area contributed by atoms with E-state index in [0.717, 1.165) is 43.4 Å². The van der Waals surface area contributed by atoms with Crippen LogP contribution in [0.5, 0.6) is 0 Å². The molecule has 1 N–H and O–H groups in total. The maximum Gasteiger partial charge on any atom is 0.234 e. The molecule has 128 valence electrons. The number of piperazine rings is 1. The Morgan fingerprint density at radius 3 is 2.71 bits per heavy atom. The number of nitrogens with zero attached hydrogens (tertiary/aromatic N) is 4. The van der Waals surface area contributed by atoms with Gasteiger partial charge in [-0.15, -0.1) is 11.3 Å². The molecule has 1 atom stereocenters. The Bertz CT molecular complexity index is 626. The Morgan fingerprint density at radius 1 is 1.25 bits per heavy atom. The highest BCUT2D eigenvalue weighted by atomic mass is 32.1. The van der Waals surface area contributed by atoms with E-state index in [9.17, 15) is 4.79 Å². The number of carbonyl (C=O) groups excluding carboxylic acids is 1. The lowest BCUT2D eigenvalue weighted by molar-refractivity contribution is -0.123. The van der Waals surface area contributed by atoms with Gasteiger partial charge in [-0.3, -0.25) is 9.69 Å². The Balaban J connectivity index is 1.46. The number of thiazole rings is 1. The molecule has 0 bridgehead atoms. The highest BCUT2D eigenvalue weighted by Gasteiger charge is 2.21. The van der Waals surface area contributed by atoms with E-state index in [1.54, 1.807) is 17.5 Å². The predicted molar refractivity (Wildman–Crippen MR) is 96.2 cm³/mol. The van der Waals surface area contributed by atoms with Gasteiger partial charge in [-0.25, -0.2) is 9.97 Å². The van der Waals surface area contributed by atoms with Crippen molar-refractivity contribution in [2.45, 2.75) is 19.4 Å². The van der Waals surface area contributed by atoms with Crippen LogP contribution >= 0.6 is 11.3 Å². The van der Waals surface area contributed by atoms with Gasteiger partial charge in [0.15, 0.2) is 0 Å². The zero-order valence-electron chi connectivity index (χ0n) is 13.9. The molecular weight excluding hydrogens is 322 g/mol. The molecule has 1 unspecified atom stereocenters. The number of nitrogens with one attached hydrogen (secondary N) is 1. The van der Waals surface area contributed by atoms with Gasteiger partial charge in [0, 0.05) is 44.0 Å². The molecule has 0 aliphatic carbocycles. The summed E-state index contributed by atoms with van der Waals surface area (Å²) in [5.41, 5.74) is 0. The molecule has 24 heavy (non-hydrogen) atoms. The molecule has 1 amide bonds. The van der Waals surface area contributed by atoms with E-state index in [2.05, 4.69) is 32.0 Å². The number of hydrogen-bond donors (Lipinski definition) is 1. The standard InChI is InChI=1S/C17H23N5OS/c1-2-14(17-19-7-12-24-17)20-16(23)13-21-8-10-22(11-9-21)15-5-3-4-6-18-15/h3-7,12,14H,2,8-11,13H2,1H3,(H,20,23). The van der Waals surface area contributed by atoms with Gasteiger partial charge in [-0.05, 0) is 18.6 Å². The zero-order chi connectivity index (χ0) is 16.8. The summed E-state index contributed by atoms with van der Waals surface area (Å²) in [7, 11) is 0. The summed E-state index contributed by atoms with van der Waals surface area (Å²) in [4.78, 5) is 25.5. The lowest BCUT2D eigenvalue weighted by Gasteiger charge is -2.35. The molecule has 0 aromatic carbocycles. The monoisotopic (exact) mass is 345 g/mol. The molecule has 1 aliphatic rings. The number of amides is 1. The van der Waals surface area contributed by atoms with E-state index in [4.69, 9.17) is 0 Å². The number of hydrogen-bond acceptors (Lipinski definition) is 6. The van der Waals surface area contributed by atoms with Crippen LogP contribution in [0, 0.1) is 0 Å². The molecule has 6 nitrogen and oxygen atoms in total. The van der Waals surface area contributed by atoms with Crippen LogP contribution in [0.25, 0.3) is 0 Å². The summed E-state index contributed by atoms with van der Waals surface area (Å²) in [6.45, 7) is 6.05. The van der Waals surface area contributed by atoms with Crippen molar-refractivity contribution in [1.82, 2.24) is 20.2 Å². The smallest absolute Gasteiger partial charge is 0.234 e. The minimum absolute atomic E-state index is 0.0207. The van der Waals surface area contributed by atoms with Crippen LogP contribution in [0.4, 0.5) is 5.82 Å². The van der Waals surface area contributed by atoms with Gasteiger partial charge < -0.3 is 10.2 Å². The first-order chi connectivity index (χ1) is 11.8. The quantitative estimate of drug-likeness (QED) is 0.867. The summed E-state index contributed by atoms with van der Waals surface area (Å²) in [5.74, 6) is 1.08. The third kappa shape index (κ3) is 4.30. The van der Waals surface area contributed by atoms with E-state index in [-0.39, 0.29) is 11.9 Å². The summed E-state index contributed by atoms with van der Waals surface area (Å²) in [6, 6.07) is 5.98. The van der Waals surface area contributed by atoms with E-state index in [1.807, 2.05) is 29.8 Å². The topological polar surface area (TPSA) is 61.4 Å². The lowest BCUT2D eigenvalue weighted by atomic mass is 10.2. The van der Waals surface area contributed by atoms with Crippen molar-refractivity contribution in [3.63, 3.8) is 0 Å². The lowest BCUT2D eigenvalue weighted by Crippen LogP contribution is -2.50. The molecule has 1 aliphatic heterocycles. The maximum absolute atomic E-state index is 12.3. The van der Waals surface area contributed by atoms with Crippen LogP contribution < -0.4 is 10.2 Å². The summed E-state index contributed by atoms with van der Waals surface area (Å²) in [6.07, 6.45) is 4.46. The van der Waals surface area contributed by atoms with Crippen molar-refractivity contribution in [2.24, 2.45) is 0 Å². The van der Waals surface area contributed by atoms with Gasteiger partial charge in [-0.1, -0.05) is 13.0 Å². The summed E-state index contributed by atoms with van der Waals surface area (Å²) in [5, 5.41) is 6.02. The Hall–Kier alpha value is -1.99. The zero-order valence-corrected chi connectivity index (χ0v) is 14.7. The highest BCUT2D eigenvalue weighted by molar-refractivity contribution is 7.09. The molecule has 2 aromatic heterocycles. The van der Waals surface area contributed by atoms with Crippen molar-refractivity contribution in [2.75, 3.05) is 37.6 Å². The average Bonchev–Trinajstić information content (AvgIpc) is 3.15. The molecule has 3 heterocycles. The Kier molecular flexibility index (Phi) is 5.77. The van der Waals surface area contributed by atoms with Gasteiger partial charge >= 0.3 is 0 Å². The minimum atomic E-state index is 0.0207. The predicted octanol–water partition coefficient (Wildman–Crippen LogP) is 1.93. The largest absolute Gasteiger partial charge is 0.354 e. The molecule has 1 fully saturated rings. The third-order valence-electron chi connectivity index (χ3n) is 4.21. The van der Waals surface area contributed by atoms with Crippen LogP contribution in [-0.2, 0) is 4.79 Å². The van der Waals surface area contributed by atoms with Crippen molar-refractivity contribution < 1.29 is 4.79 Å². The fourth-order valence-electron chi connectivity index (χ4n) is 2.86. The molecule has 0 saturated carbocycles. The van der Waals surface area contributed by atoms with Gasteiger partial charge in [0.25, 0.3) is 0 Å². The second-order valence-electron chi connectivity index (χ2n) is 5.85. The molecule has 7 heteroatoms. The van der Waals surface area contributed by atoms with E-state index < -0.39 is 0 Å². The minimum Gasteiger partial charge on any atom is -0.354 e. The van der Waals surface area contributed by atoms with Crippen LogP contribution in [0.15, 0.2) is 36.0 Å². The summed E-state index contributed by atoms with van der Waals surface area (Å²) < 4.78 is 0. The van der Waals surface area contributed by atoms with Crippen molar-refractivity contribution in [3.05, 3.63) is 41.0 Å². The van der Waals surface area contributed by atoms with Gasteiger partial charge in [0.05, 0.1) is 12.6 Å². The van der Waals surface area contributed by atoms with Crippen LogP contribution in [0.3, 0.4) is 0 Å². The van der Waals surface area contributed by atoms with Gasteiger partial charge in [-0.2, -0.15) is 0 Å². The van der Waals surface area contributed by atoms with E-state index in [0.29, 0.717) is 6.54 Å². The molecule has 3 rings (SSSR count). The summed E-state index contributed by atoms with van der Waals surface area (Å²) >= 11 is 1.59. The van der Waals surface area contributed by atoms with Crippen LogP contribution in [0.1, 0.15) is 24.4 Å². The Labute approximate surface area is 146 Å². The molecule has 0 spiro atoms. The van der Waals surface area contributed by atoms with Crippen molar-refractivity contribution in [1.29, 1.82) is 0 Å². The second-order valence-corrected chi connectivity index (χ2v) is 6.78. The molecule has 0 radical (unpaired) electrons. The highest BCUT2D eigenvalue weighted by Crippen LogP contribution is 2.18. The van der Waals surface area contributed by atoms with Crippen molar-refractivity contribution in [3.8, 4) is 0 Å². The van der Waals surface area contributed by atoms with Crippen LogP contribution in [-0.4, -0.2) is 53.5 Å². The first-order valence-corrected chi connectivity index (χ1v) is 9.21. The number of carbonyl (C=O) groups is 1. The first-order valence-electron chi connectivity index (χ1n) is 8.33. The van der Waals surface area contributed by atoms with Crippen LogP contribution in [0.2, 0.25) is 0 Å². The van der Waals surface area contributed by atoms with Gasteiger partial charge in [0.2, 0.25) is 5.91 Å². The molecule has 2 aromatic rings. The normalized spacial score (nSPS) is 16.8. The number of rotatable bonds is 6. The maximum atomic E-state index is 12.3. The van der Waals surface area contributed by atoms with E-state index in [1.165, 1.54) is 0 Å². The Morgan fingerprint density at radius 2 is 2.08 bits per heavy atom. The number of anilines is 1. The first kappa shape index (κ1) is 16.9. The average molecular weight is 345 g/mol. The molecule has 1 saturated heterocycles. The third-order valence-corrected chi connectivity index (χ3v) is 5.09. The van der Waals surface area contributed by atoms with Crippen molar-refractivity contribution >= 4 is 23.1 Å². The fraction of sp³-hybridized carbons (Fsp3) is 0.471. The number of pyridine rings is 1. The van der Waals surface area contributed by atoms with Gasteiger partial charge in [0.1, 0.15) is 10.8 Å². The van der Waals surface area contributed by atoms with E-state index >= 15 is 0 Å². The second kappa shape index (κ2) is 8.21. The SMILES string of the molecule is CCC(NC(=O)CN1CCN(c2ccccn2)CC1)c1nccs1.